The van der Waals surface area contributed by atoms with Crippen molar-refractivity contribution in [3.8, 4) is 0 Å². The number of aromatic nitrogens is 2. The molecule has 0 amide bonds. The molecule has 2 aromatic rings. The molecule has 4 nitrogen and oxygen atoms in total. The highest BCUT2D eigenvalue weighted by atomic mass is 15.2. The van der Waals surface area contributed by atoms with Gasteiger partial charge in [-0.1, -0.05) is 12.1 Å². The molecule has 0 aliphatic rings. The van der Waals surface area contributed by atoms with Gasteiger partial charge in [0.15, 0.2) is 0 Å². The summed E-state index contributed by atoms with van der Waals surface area (Å²) in [5.41, 5.74) is 8.00. The Kier molecular flexibility index (Phi) is 4.86. The summed E-state index contributed by atoms with van der Waals surface area (Å²) < 4.78 is 0. The molecule has 0 aliphatic heterocycles. The predicted octanol–water partition coefficient (Wildman–Crippen LogP) is 2.14. The molecule has 19 heavy (non-hydrogen) atoms. The highest BCUT2D eigenvalue weighted by molar-refractivity contribution is 5.46. The zero-order valence-corrected chi connectivity index (χ0v) is 11.3. The monoisotopic (exact) mass is 256 g/mol. The van der Waals surface area contributed by atoms with Gasteiger partial charge in [-0.25, -0.2) is 4.98 Å². The zero-order valence-electron chi connectivity index (χ0n) is 11.3. The number of pyridine rings is 2. The second-order valence-electron chi connectivity index (χ2n) is 4.57. The Balaban J connectivity index is 2.19. The molecule has 0 fully saturated rings. The van der Waals surface area contributed by atoms with Gasteiger partial charge in [-0.3, -0.25) is 4.98 Å². The van der Waals surface area contributed by atoms with Gasteiger partial charge in [0.05, 0.1) is 0 Å². The summed E-state index contributed by atoms with van der Waals surface area (Å²) in [5, 5.41) is 0. The van der Waals surface area contributed by atoms with Crippen LogP contribution in [0.5, 0.6) is 0 Å². The SMILES string of the molecule is Cc1cccnc1N(CCCN)Cc1cccnc1. The number of aryl methyl sites for hydroxylation is 1. The van der Waals surface area contributed by atoms with E-state index in [1.54, 1.807) is 6.20 Å². The average Bonchev–Trinajstić information content (AvgIpc) is 2.45. The molecule has 0 saturated heterocycles. The molecule has 0 bridgehead atoms. The van der Waals surface area contributed by atoms with Gasteiger partial charge in [0.25, 0.3) is 0 Å². The normalized spacial score (nSPS) is 10.4. The molecular weight excluding hydrogens is 236 g/mol. The van der Waals surface area contributed by atoms with Crippen LogP contribution in [0, 0.1) is 6.92 Å². The van der Waals surface area contributed by atoms with Crippen molar-refractivity contribution in [2.24, 2.45) is 5.73 Å². The van der Waals surface area contributed by atoms with Crippen LogP contribution in [0.25, 0.3) is 0 Å². The van der Waals surface area contributed by atoms with E-state index in [0.717, 1.165) is 25.3 Å². The Hall–Kier alpha value is -1.94. The molecule has 0 saturated carbocycles. The van der Waals surface area contributed by atoms with Crippen molar-refractivity contribution < 1.29 is 0 Å². The second-order valence-corrected chi connectivity index (χ2v) is 4.57. The summed E-state index contributed by atoms with van der Waals surface area (Å²) in [5.74, 6) is 1.03. The lowest BCUT2D eigenvalue weighted by atomic mass is 10.2. The lowest BCUT2D eigenvalue weighted by Crippen LogP contribution is -2.27. The molecule has 0 spiro atoms. The van der Waals surface area contributed by atoms with E-state index < -0.39 is 0 Å². The van der Waals surface area contributed by atoms with Crippen LogP contribution >= 0.6 is 0 Å². The topological polar surface area (TPSA) is 55.0 Å². The Bertz CT molecular complexity index is 499. The zero-order chi connectivity index (χ0) is 13.5. The van der Waals surface area contributed by atoms with Crippen molar-refractivity contribution >= 4 is 5.82 Å². The molecular formula is C15H20N4. The maximum atomic E-state index is 5.63. The second kappa shape index (κ2) is 6.85. The fourth-order valence-corrected chi connectivity index (χ4v) is 2.06. The molecule has 2 rings (SSSR count). The molecule has 0 unspecified atom stereocenters. The number of rotatable bonds is 6. The minimum absolute atomic E-state index is 0.690. The van der Waals surface area contributed by atoms with E-state index in [9.17, 15) is 0 Å². The first-order valence-corrected chi connectivity index (χ1v) is 6.57. The molecule has 0 aromatic carbocycles. The third kappa shape index (κ3) is 3.76. The summed E-state index contributed by atoms with van der Waals surface area (Å²) >= 11 is 0. The lowest BCUT2D eigenvalue weighted by molar-refractivity contribution is 0.722. The van der Waals surface area contributed by atoms with E-state index in [2.05, 4.69) is 33.9 Å². The molecule has 4 heteroatoms. The first-order chi connectivity index (χ1) is 9.31. The molecule has 0 aliphatic carbocycles. The van der Waals surface area contributed by atoms with Crippen molar-refractivity contribution in [2.45, 2.75) is 19.9 Å². The number of anilines is 1. The van der Waals surface area contributed by atoms with Gasteiger partial charge in [-0.15, -0.1) is 0 Å². The van der Waals surface area contributed by atoms with Crippen molar-refractivity contribution in [2.75, 3.05) is 18.0 Å². The van der Waals surface area contributed by atoms with Gasteiger partial charge in [0, 0.05) is 31.7 Å². The highest BCUT2D eigenvalue weighted by Gasteiger charge is 2.10. The molecule has 100 valence electrons. The van der Waals surface area contributed by atoms with Crippen LogP contribution in [0.1, 0.15) is 17.5 Å². The average molecular weight is 256 g/mol. The van der Waals surface area contributed by atoms with Crippen molar-refractivity contribution in [3.63, 3.8) is 0 Å². The van der Waals surface area contributed by atoms with Gasteiger partial charge in [0.1, 0.15) is 5.82 Å². The summed E-state index contributed by atoms with van der Waals surface area (Å²) in [6, 6.07) is 8.09. The Morgan fingerprint density at radius 1 is 1.21 bits per heavy atom. The van der Waals surface area contributed by atoms with Crippen LogP contribution in [0.15, 0.2) is 42.9 Å². The molecule has 0 atom stereocenters. The van der Waals surface area contributed by atoms with E-state index >= 15 is 0 Å². The van der Waals surface area contributed by atoms with Crippen LogP contribution in [-0.4, -0.2) is 23.1 Å². The lowest BCUT2D eigenvalue weighted by Gasteiger charge is -2.25. The number of nitrogens with two attached hydrogens (primary N) is 1. The Morgan fingerprint density at radius 2 is 2.05 bits per heavy atom. The highest BCUT2D eigenvalue weighted by Crippen LogP contribution is 2.18. The van der Waals surface area contributed by atoms with E-state index in [1.165, 1.54) is 11.1 Å². The maximum Gasteiger partial charge on any atom is 0.131 e. The standard InChI is InChI=1S/C15H20N4/c1-13-5-2-9-18-15(13)19(10-4-7-16)12-14-6-3-8-17-11-14/h2-3,5-6,8-9,11H,4,7,10,12,16H2,1H3. The molecule has 2 heterocycles. The Morgan fingerprint density at radius 3 is 2.74 bits per heavy atom. The van der Waals surface area contributed by atoms with Crippen molar-refractivity contribution in [1.82, 2.24) is 9.97 Å². The van der Waals surface area contributed by atoms with Gasteiger partial charge < -0.3 is 10.6 Å². The largest absolute Gasteiger partial charge is 0.352 e. The van der Waals surface area contributed by atoms with Gasteiger partial charge in [-0.05, 0) is 43.1 Å². The minimum atomic E-state index is 0.690. The number of nitrogens with zero attached hydrogens (tertiary/aromatic N) is 3. The molecule has 2 N–H and O–H groups in total. The van der Waals surface area contributed by atoms with Crippen LogP contribution in [0.2, 0.25) is 0 Å². The molecule has 2 aromatic heterocycles. The summed E-state index contributed by atoms with van der Waals surface area (Å²) in [7, 11) is 0. The number of hydrogen-bond acceptors (Lipinski definition) is 4. The van der Waals surface area contributed by atoms with Gasteiger partial charge in [-0.2, -0.15) is 0 Å². The smallest absolute Gasteiger partial charge is 0.131 e. The maximum absolute atomic E-state index is 5.63. The first kappa shape index (κ1) is 13.5. The van der Waals surface area contributed by atoms with E-state index in [-0.39, 0.29) is 0 Å². The van der Waals surface area contributed by atoms with Crippen LogP contribution in [0.4, 0.5) is 5.82 Å². The van der Waals surface area contributed by atoms with Crippen molar-refractivity contribution in [1.29, 1.82) is 0 Å². The van der Waals surface area contributed by atoms with Crippen molar-refractivity contribution in [3.05, 3.63) is 54.0 Å². The van der Waals surface area contributed by atoms with Gasteiger partial charge >= 0.3 is 0 Å². The fraction of sp³-hybridized carbons (Fsp3) is 0.333. The Labute approximate surface area is 114 Å². The third-order valence-corrected chi connectivity index (χ3v) is 3.01. The summed E-state index contributed by atoms with van der Waals surface area (Å²) in [4.78, 5) is 10.9. The van der Waals surface area contributed by atoms with Crippen LogP contribution in [-0.2, 0) is 6.54 Å². The minimum Gasteiger partial charge on any atom is -0.352 e. The first-order valence-electron chi connectivity index (χ1n) is 6.57. The van der Waals surface area contributed by atoms with Gasteiger partial charge in [0.2, 0.25) is 0 Å². The fourth-order valence-electron chi connectivity index (χ4n) is 2.06. The van der Waals surface area contributed by atoms with Crippen LogP contribution in [0.3, 0.4) is 0 Å². The number of hydrogen-bond donors (Lipinski definition) is 1. The summed E-state index contributed by atoms with van der Waals surface area (Å²) in [6.07, 6.45) is 6.48. The van der Waals surface area contributed by atoms with Crippen LogP contribution < -0.4 is 10.6 Å². The quantitative estimate of drug-likeness (QED) is 0.860. The predicted molar refractivity (Wildman–Crippen MR) is 77.9 cm³/mol. The summed E-state index contributed by atoms with van der Waals surface area (Å²) in [6.45, 7) is 4.49. The third-order valence-electron chi connectivity index (χ3n) is 3.01. The van der Waals surface area contributed by atoms with E-state index in [1.807, 2.05) is 24.5 Å². The van der Waals surface area contributed by atoms with E-state index in [0.29, 0.717) is 6.54 Å². The van der Waals surface area contributed by atoms with E-state index in [4.69, 9.17) is 5.73 Å². The molecule has 0 radical (unpaired) electrons.